The van der Waals surface area contributed by atoms with E-state index >= 15 is 0 Å². The molecule has 0 aliphatic rings. The smallest absolute Gasteiger partial charge is 0.205 e. The third-order valence-electron chi connectivity index (χ3n) is 9.87. The number of nitriles is 1. The summed E-state index contributed by atoms with van der Waals surface area (Å²) in [6.07, 6.45) is 21.2. The molecule has 0 fully saturated rings. The highest BCUT2D eigenvalue weighted by atomic mass is 14.6. The summed E-state index contributed by atoms with van der Waals surface area (Å²) in [5.74, 6) is 0. The molecule has 0 aromatic heterocycles. The van der Waals surface area contributed by atoms with Gasteiger partial charge in [-0.1, -0.05) is 149 Å². The second-order valence-electron chi connectivity index (χ2n) is 13.5. The highest BCUT2D eigenvalue weighted by molar-refractivity contribution is 6.26. The van der Waals surface area contributed by atoms with Crippen molar-refractivity contribution >= 4 is 62.3 Å². The van der Waals surface area contributed by atoms with Gasteiger partial charge in [-0.25, -0.2) is 4.85 Å². The van der Waals surface area contributed by atoms with E-state index in [2.05, 4.69) is 134 Å². The fraction of sp³-hybridized carbons (Fsp3) is 0.250. The van der Waals surface area contributed by atoms with Crippen molar-refractivity contribution in [3.05, 3.63) is 147 Å². The summed E-state index contributed by atoms with van der Waals surface area (Å²) < 4.78 is 0. The van der Waals surface area contributed by atoms with Gasteiger partial charge in [-0.15, -0.1) is 0 Å². The van der Waals surface area contributed by atoms with Crippen molar-refractivity contribution in [2.75, 3.05) is 0 Å². The summed E-state index contributed by atoms with van der Waals surface area (Å²) in [5, 5.41) is 16.4. The molecule has 2 nitrogen and oxygen atoms in total. The lowest BCUT2D eigenvalue weighted by Crippen LogP contribution is -1.88. The first-order valence-electron chi connectivity index (χ1n) is 18.4. The summed E-state index contributed by atoms with van der Waals surface area (Å²) in [6, 6.07) is 37.1. The fourth-order valence-electron chi connectivity index (χ4n) is 6.95. The monoisotopic (exact) mass is 650 g/mol. The number of hydrogen-bond donors (Lipinski definition) is 0. The van der Waals surface area contributed by atoms with Crippen LogP contribution in [0.2, 0.25) is 0 Å². The van der Waals surface area contributed by atoms with Crippen LogP contribution in [0.1, 0.15) is 104 Å². The van der Waals surface area contributed by atoms with Crippen LogP contribution in [0, 0.1) is 17.9 Å². The largest absolute Gasteiger partial charge is 0.237 e. The first-order chi connectivity index (χ1) is 24.6. The van der Waals surface area contributed by atoms with Crippen LogP contribution in [0.5, 0.6) is 0 Å². The number of fused-ring (bicyclic) bond motifs is 6. The van der Waals surface area contributed by atoms with Crippen molar-refractivity contribution in [3.8, 4) is 6.07 Å². The van der Waals surface area contributed by atoms with Gasteiger partial charge < -0.3 is 0 Å². The fourth-order valence-corrected chi connectivity index (χ4v) is 6.95. The van der Waals surface area contributed by atoms with Gasteiger partial charge in [-0.2, -0.15) is 5.26 Å². The van der Waals surface area contributed by atoms with Crippen LogP contribution in [0.4, 0.5) is 5.69 Å². The van der Waals surface area contributed by atoms with Crippen LogP contribution in [0.15, 0.2) is 97.1 Å². The van der Waals surface area contributed by atoms with Crippen molar-refractivity contribution < 1.29 is 0 Å². The van der Waals surface area contributed by atoms with Gasteiger partial charge in [0.2, 0.25) is 5.69 Å². The van der Waals surface area contributed by atoms with E-state index in [9.17, 15) is 5.26 Å². The van der Waals surface area contributed by atoms with Crippen LogP contribution in [-0.4, -0.2) is 0 Å². The molecule has 0 aliphatic heterocycles. The Hall–Kier alpha value is -5.44. The van der Waals surface area contributed by atoms with E-state index in [0.29, 0.717) is 11.3 Å². The summed E-state index contributed by atoms with van der Waals surface area (Å²) in [6.45, 7) is 12.3. The summed E-state index contributed by atoms with van der Waals surface area (Å²) in [7, 11) is 0. The Bertz CT molecular complexity index is 2080. The average molecular weight is 651 g/mol. The number of rotatable bonds is 14. The minimum Gasteiger partial charge on any atom is -0.237 e. The molecule has 0 heterocycles. The second kappa shape index (κ2) is 16.8. The molecule has 0 spiro atoms. The van der Waals surface area contributed by atoms with Crippen molar-refractivity contribution in [1.82, 2.24) is 0 Å². The Morgan fingerprint density at radius 2 is 0.920 bits per heavy atom. The van der Waals surface area contributed by atoms with E-state index in [4.69, 9.17) is 6.57 Å². The SMILES string of the molecule is [C-]#[N+]c1cc2c3cc(C=Cc4ccc(CCCCCC)cc4)ccc3c3ccc(C=Cc4ccc(CCCCCC)cc4)cc3c2cc1C#N. The van der Waals surface area contributed by atoms with Crippen LogP contribution >= 0.6 is 0 Å². The summed E-state index contributed by atoms with van der Waals surface area (Å²) >= 11 is 0. The molecule has 0 N–H and O–H groups in total. The van der Waals surface area contributed by atoms with E-state index in [1.807, 2.05) is 12.1 Å². The molecule has 0 unspecified atom stereocenters. The van der Waals surface area contributed by atoms with Gasteiger partial charge in [-0.05, 0) is 116 Å². The molecule has 2 heteroatoms. The topological polar surface area (TPSA) is 28.1 Å². The molecule has 6 aromatic rings. The Balaban J connectivity index is 1.32. The summed E-state index contributed by atoms with van der Waals surface area (Å²) in [4.78, 5) is 3.73. The van der Waals surface area contributed by atoms with Crippen LogP contribution < -0.4 is 0 Å². The van der Waals surface area contributed by atoms with Gasteiger partial charge in [0.15, 0.2) is 0 Å². The van der Waals surface area contributed by atoms with E-state index in [0.717, 1.165) is 56.3 Å². The predicted molar refractivity (Wildman–Crippen MR) is 216 cm³/mol. The van der Waals surface area contributed by atoms with Crippen LogP contribution in [0.3, 0.4) is 0 Å². The number of hydrogen-bond acceptors (Lipinski definition) is 1. The highest BCUT2D eigenvalue weighted by Gasteiger charge is 2.13. The maximum Gasteiger partial charge on any atom is 0.205 e. The first kappa shape index (κ1) is 34.4. The first-order valence-corrected chi connectivity index (χ1v) is 18.4. The van der Waals surface area contributed by atoms with Gasteiger partial charge >= 0.3 is 0 Å². The average Bonchev–Trinajstić information content (AvgIpc) is 3.16. The maximum atomic E-state index is 9.94. The van der Waals surface area contributed by atoms with Crippen molar-refractivity contribution in [1.29, 1.82) is 5.26 Å². The number of benzene rings is 6. The molecule has 50 heavy (non-hydrogen) atoms. The lowest BCUT2D eigenvalue weighted by Gasteiger charge is -2.13. The molecule has 0 amide bonds. The number of unbranched alkanes of at least 4 members (excludes halogenated alkanes) is 6. The molecule has 0 saturated carbocycles. The Morgan fingerprint density at radius 1 is 0.500 bits per heavy atom. The molecule has 0 atom stereocenters. The second-order valence-corrected chi connectivity index (χ2v) is 13.5. The molecular formula is C48H46N2. The van der Waals surface area contributed by atoms with E-state index in [-0.39, 0.29) is 0 Å². The van der Waals surface area contributed by atoms with Gasteiger partial charge in [0.05, 0.1) is 18.2 Å². The van der Waals surface area contributed by atoms with Gasteiger partial charge in [-0.3, -0.25) is 0 Å². The molecule has 0 bridgehead atoms. The Morgan fingerprint density at radius 3 is 1.36 bits per heavy atom. The van der Waals surface area contributed by atoms with Crippen LogP contribution in [-0.2, 0) is 12.8 Å². The summed E-state index contributed by atoms with van der Waals surface area (Å²) in [5.41, 5.74) is 8.15. The van der Waals surface area contributed by atoms with Gasteiger partial charge in [0.25, 0.3) is 0 Å². The molecular weight excluding hydrogens is 605 g/mol. The number of nitrogens with zero attached hydrogens (tertiary/aromatic N) is 2. The van der Waals surface area contributed by atoms with Crippen LogP contribution in [0.25, 0.3) is 61.5 Å². The minimum absolute atomic E-state index is 0.390. The van der Waals surface area contributed by atoms with Gasteiger partial charge in [0.1, 0.15) is 0 Å². The zero-order valence-corrected chi connectivity index (χ0v) is 29.5. The minimum atomic E-state index is 0.390. The molecule has 6 rings (SSSR count). The molecule has 6 aromatic carbocycles. The zero-order chi connectivity index (χ0) is 34.7. The van der Waals surface area contributed by atoms with Gasteiger partial charge in [0, 0.05) is 0 Å². The van der Waals surface area contributed by atoms with Crippen molar-refractivity contribution in [2.45, 2.75) is 78.1 Å². The standard InChI is InChI=1S/C48H46N2/c1-4-6-8-10-12-35-14-18-37(19-15-35)22-24-39-26-28-42-43-29-27-40(25-23-38-20-16-36(17-21-38)13-11-9-7-5-2)31-45(43)47-33-48(50-3)41(34-49)32-46(47)44(42)30-39/h14-33H,4-13H2,1-2H3. The molecule has 0 radical (unpaired) electrons. The van der Waals surface area contributed by atoms with E-state index in [1.165, 1.54) is 73.6 Å². The third kappa shape index (κ3) is 8.22. The molecule has 0 aliphatic carbocycles. The van der Waals surface area contributed by atoms with Crippen molar-refractivity contribution in [3.63, 3.8) is 0 Å². The Kier molecular flexibility index (Phi) is 11.6. The highest BCUT2D eigenvalue weighted by Crippen LogP contribution is 2.39. The Labute approximate surface area is 298 Å². The van der Waals surface area contributed by atoms with E-state index in [1.54, 1.807) is 0 Å². The maximum absolute atomic E-state index is 9.94. The lowest BCUT2D eigenvalue weighted by molar-refractivity contribution is 0.667. The predicted octanol–water partition coefficient (Wildman–Crippen LogP) is 14.2. The number of aryl methyl sites for hydroxylation is 2. The van der Waals surface area contributed by atoms with Crippen molar-refractivity contribution in [2.24, 2.45) is 0 Å². The molecule has 248 valence electrons. The molecule has 0 saturated heterocycles. The zero-order valence-electron chi connectivity index (χ0n) is 29.5. The lowest BCUT2D eigenvalue weighted by atomic mass is 9.90. The quantitative estimate of drug-likeness (QED) is 0.0499. The normalized spacial score (nSPS) is 11.6. The third-order valence-corrected chi connectivity index (χ3v) is 9.87. The van der Waals surface area contributed by atoms with E-state index < -0.39 is 0 Å².